The SMILES string of the molecule is COC1CCN(c2cnc3c(c2)CN(c2nn4c(=O)cc(C)nc4c(C)c2C)CC3)CC1. The number of nitrogens with zero attached hydrogens (tertiary/aromatic N) is 6. The van der Waals surface area contributed by atoms with E-state index in [0.29, 0.717) is 17.4 Å². The summed E-state index contributed by atoms with van der Waals surface area (Å²) in [5.41, 5.74) is 6.83. The second-order valence-electron chi connectivity index (χ2n) is 8.94. The zero-order valence-electron chi connectivity index (χ0n) is 19.3. The van der Waals surface area contributed by atoms with Crippen LogP contribution in [-0.4, -0.2) is 52.4 Å². The number of hydrogen-bond acceptors (Lipinski definition) is 7. The second-order valence-corrected chi connectivity index (χ2v) is 8.94. The molecule has 2 aliphatic heterocycles. The van der Waals surface area contributed by atoms with Gasteiger partial charge in [-0.1, -0.05) is 0 Å². The van der Waals surface area contributed by atoms with Crippen LogP contribution in [-0.2, 0) is 17.7 Å². The number of methoxy groups -OCH3 is 1. The smallest absolute Gasteiger partial charge is 0.274 e. The molecule has 0 radical (unpaired) electrons. The fraction of sp³-hybridized carbons (Fsp3) is 0.500. The van der Waals surface area contributed by atoms with Crippen molar-refractivity contribution in [1.29, 1.82) is 0 Å². The molecule has 5 heterocycles. The normalized spacial score (nSPS) is 17.1. The predicted molar refractivity (Wildman–Crippen MR) is 125 cm³/mol. The van der Waals surface area contributed by atoms with Gasteiger partial charge in [0.25, 0.3) is 5.56 Å². The van der Waals surface area contributed by atoms with E-state index in [9.17, 15) is 4.79 Å². The fourth-order valence-corrected chi connectivity index (χ4v) is 4.85. The van der Waals surface area contributed by atoms with Gasteiger partial charge in [0.05, 0.1) is 18.0 Å². The number of hydrogen-bond donors (Lipinski definition) is 0. The van der Waals surface area contributed by atoms with Gasteiger partial charge in [-0.05, 0) is 45.2 Å². The molecule has 2 aliphatic rings. The Morgan fingerprint density at radius 3 is 2.56 bits per heavy atom. The Balaban J connectivity index is 1.46. The maximum Gasteiger partial charge on any atom is 0.274 e. The quantitative estimate of drug-likeness (QED) is 0.627. The lowest BCUT2D eigenvalue weighted by Gasteiger charge is -2.34. The van der Waals surface area contributed by atoms with E-state index in [-0.39, 0.29) is 5.56 Å². The van der Waals surface area contributed by atoms with Gasteiger partial charge in [-0.15, -0.1) is 5.10 Å². The average Bonchev–Trinajstić information content (AvgIpc) is 2.81. The van der Waals surface area contributed by atoms with E-state index >= 15 is 0 Å². The van der Waals surface area contributed by atoms with Crippen molar-refractivity contribution in [3.63, 3.8) is 0 Å². The number of pyridine rings is 1. The van der Waals surface area contributed by atoms with Gasteiger partial charge < -0.3 is 14.5 Å². The minimum absolute atomic E-state index is 0.141. The molecule has 0 N–H and O–H groups in total. The fourth-order valence-electron chi connectivity index (χ4n) is 4.85. The van der Waals surface area contributed by atoms with Gasteiger partial charge in [-0.25, -0.2) is 4.98 Å². The summed E-state index contributed by atoms with van der Waals surface area (Å²) in [7, 11) is 1.80. The highest BCUT2D eigenvalue weighted by Gasteiger charge is 2.25. The van der Waals surface area contributed by atoms with E-state index in [2.05, 4.69) is 27.8 Å². The number of aryl methyl sites for hydroxylation is 2. The van der Waals surface area contributed by atoms with Crippen LogP contribution in [0.25, 0.3) is 5.65 Å². The molecule has 1 fully saturated rings. The van der Waals surface area contributed by atoms with Crippen molar-refractivity contribution in [3.05, 3.63) is 56.8 Å². The zero-order valence-corrected chi connectivity index (χ0v) is 19.3. The van der Waals surface area contributed by atoms with E-state index < -0.39 is 0 Å². The van der Waals surface area contributed by atoms with Gasteiger partial charge in [0.2, 0.25) is 0 Å². The third kappa shape index (κ3) is 3.62. The highest BCUT2D eigenvalue weighted by atomic mass is 16.5. The summed E-state index contributed by atoms with van der Waals surface area (Å²) in [4.78, 5) is 26.6. The summed E-state index contributed by atoms with van der Waals surface area (Å²) in [5, 5.41) is 4.73. The molecule has 0 aromatic carbocycles. The standard InChI is InChI=1S/C24H30N6O2/c1-15-11-22(31)30-23(26-15)16(2)17(3)24(27-30)29-10-7-21-18(14-29)12-19(13-25-21)28-8-5-20(32-4)6-9-28/h11-13,20H,5-10,14H2,1-4H3. The molecule has 0 amide bonds. The summed E-state index contributed by atoms with van der Waals surface area (Å²) in [5.74, 6) is 0.847. The van der Waals surface area contributed by atoms with Crippen LogP contribution < -0.4 is 15.4 Å². The van der Waals surface area contributed by atoms with Gasteiger partial charge in [0, 0.05) is 68.3 Å². The summed E-state index contributed by atoms with van der Waals surface area (Å²) in [6, 6.07) is 3.81. The third-order valence-corrected chi connectivity index (χ3v) is 6.92. The van der Waals surface area contributed by atoms with E-state index in [1.165, 1.54) is 21.8 Å². The molecule has 0 spiro atoms. The molecule has 0 saturated carbocycles. The van der Waals surface area contributed by atoms with Crippen molar-refractivity contribution in [2.45, 2.75) is 52.7 Å². The molecule has 0 bridgehead atoms. The molecule has 8 heteroatoms. The first kappa shape index (κ1) is 20.9. The molecule has 8 nitrogen and oxygen atoms in total. The topological polar surface area (TPSA) is 75.9 Å². The lowest BCUT2D eigenvalue weighted by Crippen LogP contribution is -2.37. The summed E-state index contributed by atoms with van der Waals surface area (Å²) in [6.07, 6.45) is 5.32. The number of anilines is 2. The van der Waals surface area contributed by atoms with Crippen LogP contribution in [0.2, 0.25) is 0 Å². The third-order valence-electron chi connectivity index (χ3n) is 6.92. The zero-order chi connectivity index (χ0) is 22.4. The maximum atomic E-state index is 12.6. The van der Waals surface area contributed by atoms with E-state index in [1.807, 2.05) is 20.0 Å². The number of ether oxygens (including phenoxy) is 1. The molecule has 3 aromatic heterocycles. The van der Waals surface area contributed by atoms with Crippen LogP contribution in [0.4, 0.5) is 11.5 Å². The van der Waals surface area contributed by atoms with Crippen LogP contribution in [0, 0.1) is 20.8 Å². The van der Waals surface area contributed by atoms with Gasteiger partial charge >= 0.3 is 0 Å². The Labute approximate surface area is 187 Å². The summed E-state index contributed by atoms with van der Waals surface area (Å²) < 4.78 is 6.95. The van der Waals surface area contributed by atoms with Gasteiger partial charge in [-0.3, -0.25) is 9.78 Å². The number of piperidine rings is 1. The first-order chi connectivity index (χ1) is 15.4. The van der Waals surface area contributed by atoms with Crippen LogP contribution in [0.15, 0.2) is 23.1 Å². The molecule has 0 atom stereocenters. The Bertz CT molecular complexity index is 1230. The average molecular weight is 435 g/mol. The van der Waals surface area contributed by atoms with E-state index in [0.717, 1.165) is 68.1 Å². The van der Waals surface area contributed by atoms with Gasteiger partial charge in [0.1, 0.15) is 0 Å². The van der Waals surface area contributed by atoms with Gasteiger partial charge in [0.15, 0.2) is 11.5 Å². The first-order valence-corrected chi connectivity index (χ1v) is 11.3. The molecule has 168 valence electrons. The molecule has 5 rings (SSSR count). The summed E-state index contributed by atoms with van der Waals surface area (Å²) in [6.45, 7) is 9.46. The molecular formula is C24H30N6O2. The van der Waals surface area contributed by atoms with Crippen molar-refractivity contribution < 1.29 is 4.74 Å². The Morgan fingerprint density at radius 1 is 1.03 bits per heavy atom. The van der Waals surface area contributed by atoms with Crippen LogP contribution in [0.1, 0.15) is 40.9 Å². The van der Waals surface area contributed by atoms with Crippen molar-refractivity contribution in [1.82, 2.24) is 19.6 Å². The number of aromatic nitrogens is 4. The molecular weight excluding hydrogens is 404 g/mol. The Kier molecular flexibility index (Phi) is 5.33. The first-order valence-electron chi connectivity index (χ1n) is 11.3. The van der Waals surface area contributed by atoms with Crippen molar-refractivity contribution in [2.24, 2.45) is 0 Å². The van der Waals surface area contributed by atoms with Crippen molar-refractivity contribution >= 4 is 17.2 Å². The molecule has 0 aliphatic carbocycles. The van der Waals surface area contributed by atoms with E-state index in [4.69, 9.17) is 14.8 Å². The van der Waals surface area contributed by atoms with E-state index in [1.54, 1.807) is 7.11 Å². The molecule has 0 unspecified atom stereocenters. The maximum absolute atomic E-state index is 12.6. The Hall–Kier alpha value is -3.00. The lowest BCUT2D eigenvalue weighted by molar-refractivity contribution is 0.0819. The highest BCUT2D eigenvalue weighted by molar-refractivity contribution is 5.60. The number of fused-ring (bicyclic) bond motifs is 2. The monoisotopic (exact) mass is 434 g/mol. The molecule has 32 heavy (non-hydrogen) atoms. The lowest BCUT2D eigenvalue weighted by atomic mass is 10.0. The van der Waals surface area contributed by atoms with Crippen LogP contribution in [0.3, 0.4) is 0 Å². The van der Waals surface area contributed by atoms with Crippen molar-refractivity contribution in [3.8, 4) is 0 Å². The highest BCUT2D eigenvalue weighted by Crippen LogP contribution is 2.30. The largest absolute Gasteiger partial charge is 0.381 e. The van der Waals surface area contributed by atoms with Crippen molar-refractivity contribution in [2.75, 3.05) is 36.5 Å². The predicted octanol–water partition coefficient (Wildman–Crippen LogP) is 2.59. The minimum Gasteiger partial charge on any atom is -0.381 e. The van der Waals surface area contributed by atoms with Gasteiger partial charge in [-0.2, -0.15) is 4.52 Å². The second kappa shape index (κ2) is 8.16. The Morgan fingerprint density at radius 2 is 1.81 bits per heavy atom. The summed E-state index contributed by atoms with van der Waals surface area (Å²) >= 11 is 0. The minimum atomic E-state index is -0.141. The molecule has 3 aromatic rings. The van der Waals surface area contributed by atoms with Crippen LogP contribution in [0.5, 0.6) is 0 Å². The molecule has 1 saturated heterocycles. The number of rotatable bonds is 3. The van der Waals surface area contributed by atoms with Crippen LogP contribution >= 0.6 is 0 Å².